The van der Waals surface area contributed by atoms with Crippen LogP contribution in [0.1, 0.15) is 39.2 Å². The molecule has 3 unspecified atom stereocenters. The maximum atomic E-state index is 14.2. The zero-order chi connectivity index (χ0) is 27.2. The molecule has 2 aromatic carbocycles. The van der Waals surface area contributed by atoms with Crippen LogP contribution in [-0.4, -0.2) is 57.6 Å². The van der Waals surface area contributed by atoms with E-state index in [0.717, 1.165) is 5.56 Å². The van der Waals surface area contributed by atoms with Crippen LogP contribution in [0.2, 0.25) is 5.02 Å². The number of carbonyl (C=O) groups is 3. The molecule has 0 aliphatic carbocycles. The lowest BCUT2D eigenvalue weighted by Gasteiger charge is -2.36. The predicted molar refractivity (Wildman–Crippen MR) is 143 cm³/mol. The number of halogens is 1. The molecule has 2 bridgehead atoms. The number of nitrogens with zero attached hydrogens (tertiary/aromatic N) is 1. The van der Waals surface area contributed by atoms with E-state index in [1.165, 1.54) is 4.90 Å². The first-order valence-corrected chi connectivity index (χ1v) is 13.6. The van der Waals surface area contributed by atoms with Crippen LogP contribution in [0.25, 0.3) is 0 Å². The summed E-state index contributed by atoms with van der Waals surface area (Å²) < 4.78 is 6.71. The molecule has 3 N–H and O–H groups in total. The number of ether oxygens (including phenoxy) is 1. The Morgan fingerprint density at radius 2 is 1.84 bits per heavy atom. The van der Waals surface area contributed by atoms with Gasteiger partial charge in [-0.1, -0.05) is 67.9 Å². The van der Waals surface area contributed by atoms with Crippen molar-refractivity contribution >= 4 is 35.0 Å². The molecule has 3 fully saturated rings. The molecule has 8 nitrogen and oxygen atoms in total. The van der Waals surface area contributed by atoms with E-state index in [1.807, 2.05) is 51.1 Å². The number of anilines is 1. The van der Waals surface area contributed by atoms with Gasteiger partial charge < -0.3 is 25.4 Å². The lowest BCUT2D eigenvalue weighted by Crippen LogP contribution is -2.56. The fraction of sp³-hybridized carbons (Fsp3) is 0.483. The van der Waals surface area contributed by atoms with E-state index in [2.05, 4.69) is 10.6 Å². The van der Waals surface area contributed by atoms with Crippen LogP contribution in [0.4, 0.5) is 5.69 Å². The van der Waals surface area contributed by atoms with Crippen molar-refractivity contribution < 1.29 is 24.2 Å². The lowest BCUT2D eigenvalue weighted by molar-refractivity contribution is -0.149. The normalized spacial score (nSPS) is 32.2. The second-order valence-electron chi connectivity index (χ2n) is 10.9. The van der Waals surface area contributed by atoms with Gasteiger partial charge in [0.05, 0.1) is 40.8 Å². The van der Waals surface area contributed by atoms with E-state index >= 15 is 0 Å². The number of carbonyl (C=O) groups excluding carboxylic acids is 3. The Balaban J connectivity index is 1.53. The minimum Gasteiger partial charge on any atom is -0.394 e. The third-order valence-corrected chi connectivity index (χ3v) is 9.13. The molecular weight excluding hydrogens is 506 g/mol. The highest BCUT2D eigenvalue weighted by atomic mass is 35.5. The molecule has 3 heterocycles. The highest BCUT2D eigenvalue weighted by Gasteiger charge is 2.80. The number of likely N-dealkylation sites (tertiary alicyclic amines) is 1. The summed E-state index contributed by atoms with van der Waals surface area (Å²) in [4.78, 5) is 43.3. The second-order valence-corrected chi connectivity index (χ2v) is 11.3. The van der Waals surface area contributed by atoms with Crippen LogP contribution in [-0.2, 0) is 25.7 Å². The molecule has 0 saturated carbocycles. The Labute approximate surface area is 227 Å². The van der Waals surface area contributed by atoms with Gasteiger partial charge >= 0.3 is 0 Å². The monoisotopic (exact) mass is 539 g/mol. The van der Waals surface area contributed by atoms with Crippen LogP contribution in [0.5, 0.6) is 0 Å². The number of rotatable bonds is 8. The van der Waals surface area contributed by atoms with E-state index in [1.54, 1.807) is 24.3 Å². The second kappa shape index (κ2) is 9.98. The zero-order valence-corrected chi connectivity index (χ0v) is 22.6. The Morgan fingerprint density at radius 1 is 1.16 bits per heavy atom. The quantitative estimate of drug-likeness (QED) is 0.477. The summed E-state index contributed by atoms with van der Waals surface area (Å²) in [5.74, 6) is -2.75. The van der Waals surface area contributed by atoms with Crippen molar-refractivity contribution in [3.05, 3.63) is 65.2 Å². The number of hydrogen-bond acceptors (Lipinski definition) is 5. The fourth-order valence-electron chi connectivity index (χ4n) is 6.84. The van der Waals surface area contributed by atoms with Crippen molar-refractivity contribution in [2.75, 3.05) is 11.9 Å². The van der Waals surface area contributed by atoms with E-state index in [9.17, 15) is 19.5 Å². The Kier molecular flexibility index (Phi) is 7.00. The Hall–Kier alpha value is -2.94. The average Bonchev–Trinajstić information content (AvgIpc) is 3.42. The number of hydrogen-bond donors (Lipinski definition) is 3. The Bertz CT molecular complexity index is 1240. The molecular formula is C29H34ClN3O5. The van der Waals surface area contributed by atoms with Crippen LogP contribution < -0.4 is 10.6 Å². The highest BCUT2D eigenvalue weighted by molar-refractivity contribution is 6.33. The maximum absolute atomic E-state index is 14.2. The SMILES string of the molecule is CC[C@@H](CO)N1C(=O)[C@@H]2[C@@H](C(=O)NCc3ccccc3)[C@]3(C)OC2(CC3C)C1C(=O)Nc1ccccc1Cl. The first kappa shape index (κ1) is 26.7. The molecule has 3 aliphatic heterocycles. The summed E-state index contributed by atoms with van der Waals surface area (Å²) in [6.45, 7) is 5.75. The summed E-state index contributed by atoms with van der Waals surface area (Å²) in [5.41, 5.74) is -0.752. The van der Waals surface area contributed by atoms with Crippen molar-refractivity contribution in [2.24, 2.45) is 17.8 Å². The van der Waals surface area contributed by atoms with Gasteiger partial charge in [-0.15, -0.1) is 0 Å². The predicted octanol–water partition coefficient (Wildman–Crippen LogP) is 3.38. The van der Waals surface area contributed by atoms with E-state index in [4.69, 9.17) is 16.3 Å². The number of nitrogens with one attached hydrogen (secondary N) is 2. The Morgan fingerprint density at radius 3 is 2.50 bits per heavy atom. The molecule has 3 amide bonds. The van der Waals surface area contributed by atoms with Crippen LogP contribution >= 0.6 is 11.6 Å². The standard InChI is InChI=1S/C29H34ClN3O5/c1-4-19(16-34)33-24(26(36)32-21-13-9-8-12-20(21)30)29-14-17(2)28(3,38-29)22(23(29)27(33)37)25(35)31-15-18-10-6-5-7-11-18/h5-13,17,19,22-24,34H,4,14-16H2,1-3H3,(H,31,35)(H,32,36)/t17?,19-,22-,23-,24?,28+,29?/m0/s1. The fourth-order valence-corrected chi connectivity index (χ4v) is 7.02. The van der Waals surface area contributed by atoms with E-state index in [-0.39, 0.29) is 24.3 Å². The summed E-state index contributed by atoms with van der Waals surface area (Å²) in [7, 11) is 0. The van der Waals surface area contributed by atoms with Gasteiger partial charge in [-0.05, 0) is 43.4 Å². The molecule has 202 valence electrons. The van der Waals surface area contributed by atoms with Crippen molar-refractivity contribution in [3.8, 4) is 0 Å². The minimum absolute atomic E-state index is 0.0798. The largest absolute Gasteiger partial charge is 0.394 e. The van der Waals surface area contributed by atoms with Crippen molar-refractivity contribution in [3.63, 3.8) is 0 Å². The van der Waals surface area contributed by atoms with Gasteiger partial charge in [-0.2, -0.15) is 0 Å². The van der Waals surface area contributed by atoms with Crippen molar-refractivity contribution in [1.29, 1.82) is 0 Å². The zero-order valence-electron chi connectivity index (χ0n) is 21.8. The summed E-state index contributed by atoms with van der Waals surface area (Å²) in [6.07, 6.45) is 0.889. The average molecular weight is 540 g/mol. The van der Waals surface area contributed by atoms with Gasteiger partial charge in [0.2, 0.25) is 17.7 Å². The van der Waals surface area contributed by atoms with Crippen molar-refractivity contribution in [1.82, 2.24) is 10.2 Å². The minimum atomic E-state index is -1.20. The molecule has 0 aromatic heterocycles. The molecule has 0 radical (unpaired) electrons. The number of fused-ring (bicyclic) bond motifs is 1. The van der Waals surface area contributed by atoms with E-state index < -0.39 is 41.0 Å². The molecule has 5 rings (SSSR count). The van der Waals surface area contributed by atoms with Gasteiger partial charge in [0, 0.05) is 6.54 Å². The lowest BCUT2D eigenvalue weighted by atomic mass is 9.62. The maximum Gasteiger partial charge on any atom is 0.250 e. The molecule has 3 aliphatic rings. The molecule has 9 heteroatoms. The van der Waals surface area contributed by atoms with Crippen molar-refractivity contribution in [2.45, 2.75) is 63.4 Å². The van der Waals surface area contributed by atoms with Crippen LogP contribution in [0.15, 0.2) is 54.6 Å². The third kappa shape index (κ3) is 4.01. The number of para-hydroxylation sites is 1. The number of benzene rings is 2. The summed E-state index contributed by atoms with van der Waals surface area (Å²) >= 11 is 6.32. The first-order chi connectivity index (χ1) is 18.2. The third-order valence-electron chi connectivity index (χ3n) is 8.80. The van der Waals surface area contributed by atoms with Crippen LogP contribution in [0.3, 0.4) is 0 Å². The molecule has 2 aromatic rings. The smallest absolute Gasteiger partial charge is 0.250 e. The van der Waals surface area contributed by atoms with E-state index in [0.29, 0.717) is 30.1 Å². The van der Waals surface area contributed by atoms with Gasteiger partial charge in [0.15, 0.2) is 0 Å². The highest BCUT2D eigenvalue weighted by Crippen LogP contribution is 2.65. The molecule has 3 saturated heterocycles. The summed E-state index contributed by atoms with van der Waals surface area (Å²) in [6, 6.07) is 14.8. The number of amides is 3. The molecule has 7 atom stereocenters. The van der Waals surface area contributed by atoms with Gasteiger partial charge in [0.1, 0.15) is 11.6 Å². The van der Waals surface area contributed by atoms with Gasteiger partial charge in [0.25, 0.3) is 0 Å². The topological polar surface area (TPSA) is 108 Å². The summed E-state index contributed by atoms with van der Waals surface area (Å²) in [5, 5.41) is 16.5. The first-order valence-electron chi connectivity index (χ1n) is 13.2. The number of aliphatic hydroxyl groups excluding tert-OH is 1. The molecule has 38 heavy (non-hydrogen) atoms. The number of aliphatic hydroxyl groups is 1. The van der Waals surface area contributed by atoms with Gasteiger partial charge in [-0.25, -0.2) is 0 Å². The molecule has 1 spiro atoms. The van der Waals surface area contributed by atoms with Gasteiger partial charge in [-0.3, -0.25) is 14.4 Å². The van der Waals surface area contributed by atoms with Crippen LogP contribution in [0, 0.1) is 17.8 Å².